The molecule has 0 amide bonds. The van der Waals surface area contributed by atoms with Crippen LogP contribution in [-0.4, -0.2) is 105 Å². The highest BCUT2D eigenvalue weighted by Gasteiger charge is 2.26. The number of carbonyl (C=O) groups is 2. The van der Waals surface area contributed by atoms with E-state index in [9.17, 15) is 23.3 Å². The molecule has 12 nitrogen and oxygen atoms in total. The summed E-state index contributed by atoms with van der Waals surface area (Å²) >= 11 is 0. The van der Waals surface area contributed by atoms with Crippen LogP contribution in [0.1, 0.15) is 0 Å². The van der Waals surface area contributed by atoms with Gasteiger partial charge in [-0.25, -0.2) is 0 Å². The van der Waals surface area contributed by atoms with Crippen LogP contribution in [0.25, 0.3) is 0 Å². The van der Waals surface area contributed by atoms with Crippen LogP contribution in [0.2, 0.25) is 0 Å². The molecule has 0 aromatic carbocycles. The SMILES string of the molecule is O=CCN(CC=O)CCN(CCN(CP(=O)(O)O)CP(=O)(O)O)CP=O. The van der Waals surface area contributed by atoms with Crippen LogP contribution in [0.5, 0.6) is 0 Å². The van der Waals surface area contributed by atoms with Crippen LogP contribution >= 0.6 is 23.7 Å². The Morgan fingerprint density at radius 2 is 1.12 bits per heavy atom. The summed E-state index contributed by atoms with van der Waals surface area (Å²) in [5.41, 5.74) is 0. The maximum Gasteiger partial charge on any atom is 0.339 e. The summed E-state index contributed by atoms with van der Waals surface area (Å²) in [6, 6.07) is 0. The number of nitrogens with zero attached hydrogens (tertiary/aromatic N) is 3. The Labute approximate surface area is 152 Å². The van der Waals surface area contributed by atoms with Crippen LogP contribution in [0, 0.1) is 0 Å². The first-order chi connectivity index (χ1) is 12.0. The van der Waals surface area contributed by atoms with Gasteiger partial charge in [-0.1, -0.05) is 0 Å². The zero-order valence-corrected chi connectivity index (χ0v) is 16.7. The van der Waals surface area contributed by atoms with Crippen LogP contribution in [-0.2, 0) is 23.3 Å². The van der Waals surface area contributed by atoms with Gasteiger partial charge in [-0.2, -0.15) is 0 Å². The smallest absolute Gasteiger partial charge is 0.324 e. The summed E-state index contributed by atoms with van der Waals surface area (Å²) in [6.45, 7) is 0.757. The molecule has 0 aliphatic rings. The minimum absolute atomic E-state index is 0.0458. The molecule has 0 aromatic rings. The second-order valence-electron chi connectivity index (χ2n) is 5.49. The molecule has 0 saturated carbocycles. The molecule has 0 rings (SSSR count). The minimum Gasteiger partial charge on any atom is -0.324 e. The topological polar surface area (TPSA) is 176 Å². The van der Waals surface area contributed by atoms with Crippen molar-refractivity contribution in [3.05, 3.63) is 0 Å². The van der Waals surface area contributed by atoms with E-state index in [1.807, 2.05) is 0 Å². The molecule has 0 heterocycles. The molecule has 26 heavy (non-hydrogen) atoms. The number of rotatable bonds is 16. The van der Waals surface area contributed by atoms with Gasteiger partial charge in [0.2, 0.25) is 0 Å². The van der Waals surface area contributed by atoms with Crippen molar-refractivity contribution in [2.75, 3.05) is 58.1 Å². The van der Waals surface area contributed by atoms with Crippen LogP contribution in [0.3, 0.4) is 0 Å². The fourth-order valence-electron chi connectivity index (χ4n) is 2.08. The average Bonchev–Trinajstić information content (AvgIpc) is 2.47. The van der Waals surface area contributed by atoms with Crippen LogP contribution in [0.15, 0.2) is 0 Å². The number of carbonyl (C=O) groups excluding carboxylic acids is 2. The Morgan fingerprint density at radius 1 is 0.731 bits per heavy atom. The predicted molar refractivity (Wildman–Crippen MR) is 93.1 cm³/mol. The fourth-order valence-corrected chi connectivity index (χ4v) is 4.20. The second-order valence-corrected chi connectivity index (χ2v) is 9.25. The van der Waals surface area contributed by atoms with Gasteiger partial charge in [0.1, 0.15) is 25.1 Å². The van der Waals surface area contributed by atoms with E-state index in [2.05, 4.69) is 0 Å². The van der Waals surface area contributed by atoms with E-state index >= 15 is 0 Å². The van der Waals surface area contributed by atoms with E-state index in [-0.39, 0.29) is 40.9 Å². The van der Waals surface area contributed by atoms with Gasteiger partial charge in [0, 0.05) is 26.2 Å². The molecule has 0 saturated heterocycles. The highest BCUT2D eigenvalue weighted by molar-refractivity contribution is 7.52. The van der Waals surface area contributed by atoms with Crippen molar-refractivity contribution >= 4 is 36.2 Å². The first kappa shape index (κ1) is 25.6. The first-order valence-electron chi connectivity index (χ1n) is 7.43. The molecule has 0 aromatic heterocycles. The average molecular weight is 435 g/mol. The van der Waals surface area contributed by atoms with Crippen molar-refractivity contribution < 1.29 is 42.9 Å². The Kier molecular flexibility index (Phi) is 12.7. The highest BCUT2D eigenvalue weighted by Crippen LogP contribution is 2.40. The monoisotopic (exact) mass is 435 g/mol. The van der Waals surface area contributed by atoms with E-state index in [1.165, 1.54) is 0 Å². The maximum atomic E-state index is 11.1. The fraction of sp³-hybridized carbons (Fsp3) is 0.818. The van der Waals surface area contributed by atoms with Gasteiger partial charge in [-0.3, -0.25) is 28.4 Å². The molecular formula is C11H24N3O9P3. The normalized spacial score (nSPS) is 13.0. The molecular weight excluding hydrogens is 411 g/mol. The number of aldehydes is 2. The molecule has 0 radical (unpaired) electrons. The van der Waals surface area contributed by atoms with Gasteiger partial charge in [0.05, 0.1) is 19.4 Å². The largest absolute Gasteiger partial charge is 0.339 e. The molecule has 0 spiro atoms. The van der Waals surface area contributed by atoms with E-state index in [0.717, 1.165) is 4.90 Å². The molecule has 0 atom stereocenters. The third-order valence-electron chi connectivity index (χ3n) is 3.16. The first-order valence-corrected chi connectivity index (χ1v) is 12.0. The highest BCUT2D eigenvalue weighted by atomic mass is 31.2. The Balaban J connectivity index is 4.78. The summed E-state index contributed by atoms with van der Waals surface area (Å²) in [5.74, 6) is 0. The molecule has 0 fully saturated rings. The molecule has 0 bridgehead atoms. The summed E-state index contributed by atoms with van der Waals surface area (Å²) in [5, 5.41) is 0. The van der Waals surface area contributed by atoms with Crippen molar-refractivity contribution in [2.24, 2.45) is 0 Å². The van der Waals surface area contributed by atoms with Gasteiger partial charge in [-0.15, -0.1) is 0 Å². The number of hydrogen-bond acceptors (Lipinski definition) is 8. The maximum absolute atomic E-state index is 11.1. The van der Waals surface area contributed by atoms with Gasteiger partial charge < -0.3 is 29.2 Å². The molecule has 0 aliphatic carbocycles. The summed E-state index contributed by atoms with van der Waals surface area (Å²) in [4.78, 5) is 61.4. The molecule has 0 aliphatic heterocycles. The summed E-state index contributed by atoms with van der Waals surface area (Å²) in [6.07, 6.45) is -0.272. The van der Waals surface area contributed by atoms with Crippen molar-refractivity contribution in [3.63, 3.8) is 0 Å². The van der Waals surface area contributed by atoms with Gasteiger partial charge in [0.15, 0.2) is 8.46 Å². The summed E-state index contributed by atoms with van der Waals surface area (Å²) < 4.78 is 33.1. The third kappa shape index (κ3) is 14.8. The lowest BCUT2D eigenvalue weighted by Gasteiger charge is -2.28. The van der Waals surface area contributed by atoms with Crippen LogP contribution < -0.4 is 0 Å². The quantitative estimate of drug-likeness (QED) is 0.169. The van der Waals surface area contributed by atoms with Crippen molar-refractivity contribution in [1.82, 2.24) is 14.7 Å². The lowest BCUT2D eigenvalue weighted by atomic mass is 10.4. The zero-order chi connectivity index (χ0) is 20.2. The third-order valence-corrected chi connectivity index (χ3v) is 5.21. The zero-order valence-electron chi connectivity index (χ0n) is 14.0. The molecule has 152 valence electrons. The molecule has 0 unspecified atom stereocenters. The number of hydrogen-bond donors (Lipinski definition) is 4. The van der Waals surface area contributed by atoms with E-state index in [0.29, 0.717) is 25.7 Å². The van der Waals surface area contributed by atoms with Crippen molar-refractivity contribution in [3.8, 4) is 0 Å². The molecule has 15 heteroatoms. The second kappa shape index (κ2) is 12.9. The Bertz CT molecular complexity index is 504. The van der Waals surface area contributed by atoms with Crippen molar-refractivity contribution in [1.29, 1.82) is 0 Å². The lowest BCUT2D eigenvalue weighted by molar-refractivity contribution is -0.111. The molecule has 4 N–H and O–H groups in total. The minimum atomic E-state index is -4.52. The standard InChI is InChI=1S/C11H24N3O9P3/c15-7-5-12(6-8-16)1-2-13(9-24-17)3-4-14(10-25(18,19)20)11-26(21,22)23/h7-8H,1-6,9-11H2,(H2,18,19,20)(H2,21,22,23). The lowest BCUT2D eigenvalue weighted by Crippen LogP contribution is -2.40. The van der Waals surface area contributed by atoms with Gasteiger partial charge in [0.25, 0.3) is 0 Å². The van der Waals surface area contributed by atoms with E-state index < -0.39 is 27.8 Å². The predicted octanol–water partition coefficient (Wildman–Crippen LogP) is -1.19. The Hall–Kier alpha value is -0.380. The summed E-state index contributed by atoms with van der Waals surface area (Å²) in [7, 11) is -9.25. The van der Waals surface area contributed by atoms with Crippen molar-refractivity contribution in [2.45, 2.75) is 0 Å². The van der Waals surface area contributed by atoms with Gasteiger partial charge in [-0.05, 0) is 0 Å². The van der Waals surface area contributed by atoms with Gasteiger partial charge >= 0.3 is 15.2 Å². The van der Waals surface area contributed by atoms with Crippen LogP contribution in [0.4, 0.5) is 0 Å². The van der Waals surface area contributed by atoms with E-state index in [4.69, 9.17) is 19.6 Å². The Morgan fingerprint density at radius 3 is 1.46 bits per heavy atom. The van der Waals surface area contributed by atoms with E-state index in [1.54, 1.807) is 9.80 Å².